The lowest BCUT2D eigenvalue weighted by molar-refractivity contribution is 0.0477. The zero-order valence-corrected chi connectivity index (χ0v) is 14.5. The number of nitrogens with zero attached hydrogens (tertiary/aromatic N) is 5. The number of aromatic nitrogens is 3. The maximum atomic E-state index is 12.7. The van der Waals surface area contributed by atoms with Gasteiger partial charge in [0.2, 0.25) is 0 Å². The molecule has 2 saturated heterocycles. The summed E-state index contributed by atoms with van der Waals surface area (Å²) >= 11 is 0. The van der Waals surface area contributed by atoms with Gasteiger partial charge in [-0.25, -0.2) is 4.79 Å². The first-order valence-electron chi connectivity index (χ1n) is 8.93. The van der Waals surface area contributed by atoms with Gasteiger partial charge in [-0.3, -0.25) is 9.69 Å². The normalized spacial score (nSPS) is 19.8. The van der Waals surface area contributed by atoms with Crippen LogP contribution in [0.15, 0.2) is 18.2 Å². The van der Waals surface area contributed by atoms with E-state index in [4.69, 9.17) is 5.11 Å². The third kappa shape index (κ3) is 3.22. The Kier molecular flexibility index (Phi) is 4.46. The van der Waals surface area contributed by atoms with E-state index in [1.54, 1.807) is 18.2 Å². The number of fused-ring (bicyclic) bond motifs is 1. The minimum Gasteiger partial charge on any atom is -0.465 e. The molecule has 1 aromatic heterocycles. The number of rotatable bonds is 2. The van der Waals surface area contributed by atoms with Crippen molar-refractivity contribution in [3.05, 3.63) is 23.8 Å². The minimum atomic E-state index is -0.839. The number of carbonyl (C=O) groups excluding carboxylic acids is 1. The monoisotopic (exact) mass is 358 g/mol. The van der Waals surface area contributed by atoms with Crippen LogP contribution in [0.2, 0.25) is 0 Å². The molecule has 2 aromatic rings. The number of hydrogen-bond donors (Lipinski definition) is 2. The molecule has 4 rings (SSSR count). The molecule has 2 aliphatic heterocycles. The van der Waals surface area contributed by atoms with Crippen LogP contribution in [0, 0.1) is 0 Å². The molecule has 2 aliphatic rings. The molecule has 0 saturated carbocycles. The average Bonchev–Trinajstić information content (AvgIpc) is 3.15. The van der Waals surface area contributed by atoms with E-state index in [0.29, 0.717) is 30.2 Å². The van der Waals surface area contributed by atoms with Gasteiger partial charge in [0, 0.05) is 50.9 Å². The Morgan fingerprint density at radius 1 is 0.962 bits per heavy atom. The van der Waals surface area contributed by atoms with Gasteiger partial charge < -0.3 is 14.9 Å². The van der Waals surface area contributed by atoms with Crippen molar-refractivity contribution in [3.8, 4) is 0 Å². The fraction of sp³-hybridized carbons (Fsp3) is 0.529. The number of piperidine rings is 1. The first-order chi connectivity index (χ1) is 12.6. The highest BCUT2D eigenvalue weighted by Gasteiger charge is 2.30. The summed E-state index contributed by atoms with van der Waals surface area (Å²) in [5.74, 6) is 0.0315. The van der Waals surface area contributed by atoms with Gasteiger partial charge in [0.1, 0.15) is 11.0 Å². The van der Waals surface area contributed by atoms with Crippen LogP contribution in [-0.4, -0.2) is 92.5 Å². The largest absolute Gasteiger partial charge is 0.465 e. The lowest BCUT2D eigenvalue weighted by Gasteiger charge is -2.42. The smallest absolute Gasteiger partial charge is 0.407 e. The third-order valence-electron chi connectivity index (χ3n) is 5.42. The molecule has 0 bridgehead atoms. The van der Waals surface area contributed by atoms with Crippen molar-refractivity contribution in [1.82, 2.24) is 30.1 Å². The molecule has 2 amide bonds. The first kappa shape index (κ1) is 16.8. The van der Waals surface area contributed by atoms with Gasteiger partial charge in [-0.2, -0.15) is 15.4 Å². The number of carboxylic acid groups (broad SMARTS) is 1. The van der Waals surface area contributed by atoms with E-state index in [-0.39, 0.29) is 5.91 Å². The molecule has 9 heteroatoms. The van der Waals surface area contributed by atoms with Crippen LogP contribution in [0.3, 0.4) is 0 Å². The maximum Gasteiger partial charge on any atom is 0.407 e. The lowest BCUT2D eigenvalue weighted by Crippen LogP contribution is -2.54. The highest BCUT2D eigenvalue weighted by atomic mass is 16.4. The van der Waals surface area contributed by atoms with E-state index >= 15 is 0 Å². The summed E-state index contributed by atoms with van der Waals surface area (Å²) in [5, 5.41) is 19.7. The molecule has 9 nitrogen and oxygen atoms in total. The molecule has 0 atom stereocenters. The Labute approximate surface area is 150 Å². The number of amides is 2. The number of likely N-dealkylation sites (tertiary alicyclic amines) is 1. The Bertz CT molecular complexity index is 806. The second-order valence-electron chi connectivity index (χ2n) is 6.86. The molecule has 3 heterocycles. The summed E-state index contributed by atoms with van der Waals surface area (Å²) in [4.78, 5) is 29.5. The standard InChI is InChI=1S/C17H22N6O3/c24-16(12-1-2-14-15(11-12)19-20-18-14)22-5-3-13(4-6-22)21-7-9-23(10-8-21)17(25)26/h1-2,11,13H,3-10H2,(H,25,26)(H,18,19,20). The highest BCUT2D eigenvalue weighted by molar-refractivity contribution is 5.97. The van der Waals surface area contributed by atoms with Crippen molar-refractivity contribution in [2.75, 3.05) is 39.3 Å². The number of H-pyrrole nitrogens is 1. The Balaban J connectivity index is 1.33. The summed E-state index contributed by atoms with van der Waals surface area (Å²) in [6.07, 6.45) is 1.00. The average molecular weight is 358 g/mol. The minimum absolute atomic E-state index is 0.0315. The number of piperazine rings is 1. The van der Waals surface area contributed by atoms with Crippen LogP contribution < -0.4 is 0 Å². The fourth-order valence-corrected chi connectivity index (χ4v) is 3.87. The van der Waals surface area contributed by atoms with Crippen LogP contribution in [0.5, 0.6) is 0 Å². The second-order valence-corrected chi connectivity index (χ2v) is 6.86. The molecule has 2 N–H and O–H groups in total. The van der Waals surface area contributed by atoms with E-state index < -0.39 is 6.09 Å². The van der Waals surface area contributed by atoms with Gasteiger partial charge in [-0.1, -0.05) is 0 Å². The highest BCUT2D eigenvalue weighted by Crippen LogP contribution is 2.21. The first-order valence-corrected chi connectivity index (χ1v) is 8.93. The van der Waals surface area contributed by atoms with E-state index in [2.05, 4.69) is 20.3 Å². The summed E-state index contributed by atoms with van der Waals surface area (Å²) in [5.41, 5.74) is 2.09. The predicted molar refractivity (Wildman–Crippen MR) is 94.0 cm³/mol. The second kappa shape index (κ2) is 6.91. The van der Waals surface area contributed by atoms with Crippen molar-refractivity contribution in [2.24, 2.45) is 0 Å². The third-order valence-corrected chi connectivity index (χ3v) is 5.42. The SMILES string of the molecule is O=C(O)N1CCN(C2CCN(C(=O)c3ccc4n[nH]nc4c3)CC2)CC1. The van der Waals surface area contributed by atoms with Crippen LogP contribution >= 0.6 is 0 Å². The van der Waals surface area contributed by atoms with E-state index in [1.807, 2.05) is 4.90 Å². The van der Waals surface area contributed by atoms with Crippen molar-refractivity contribution in [2.45, 2.75) is 18.9 Å². The summed E-state index contributed by atoms with van der Waals surface area (Å²) < 4.78 is 0. The molecule has 138 valence electrons. The lowest BCUT2D eigenvalue weighted by atomic mass is 10.0. The maximum absolute atomic E-state index is 12.7. The van der Waals surface area contributed by atoms with Crippen molar-refractivity contribution in [3.63, 3.8) is 0 Å². The number of aromatic amines is 1. The molecule has 2 fully saturated rings. The summed E-state index contributed by atoms with van der Waals surface area (Å²) in [7, 11) is 0. The Morgan fingerprint density at radius 2 is 1.65 bits per heavy atom. The molecule has 1 aromatic carbocycles. The quantitative estimate of drug-likeness (QED) is 0.825. The summed E-state index contributed by atoms with van der Waals surface area (Å²) in [6, 6.07) is 5.80. The molecule has 0 radical (unpaired) electrons. The number of benzene rings is 1. The predicted octanol–water partition coefficient (Wildman–Crippen LogP) is 0.858. The Hall–Kier alpha value is -2.68. The number of hydrogen-bond acceptors (Lipinski definition) is 5. The van der Waals surface area contributed by atoms with Gasteiger partial charge in [0.05, 0.1) is 0 Å². The summed E-state index contributed by atoms with van der Waals surface area (Å²) in [6.45, 7) is 4.11. The zero-order chi connectivity index (χ0) is 18.1. The van der Waals surface area contributed by atoms with Gasteiger partial charge in [0.25, 0.3) is 5.91 Å². The van der Waals surface area contributed by atoms with Crippen LogP contribution in [0.25, 0.3) is 11.0 Å². The number of nitrogens with one attached hydrogen (secondary N) is 1. The van der Waals surface area contributed by atoms with Gasteiger partial charge >= 0.3 is 6.09 Å². The van der Waals surface area contributed by atoms with E-state index in [0.717, 1.165) is 44.5 Å². The van der Waals surface area contributed by atoms with E-state index in [1.165, 1.54) is 4.90 Å². The van der Waals surface area contributed by atoms with Gasteiger partial charge in [0.15, 0.2) is 0 Å². The molecule has 0 aliphatic carbocycles. The van der Waals surface area contributed by atoms with Crippen LogP contribution in [0.4, 0.5) is 4.79 Å². The molecule has 0 spiro atoms. The van der Waals surface area contributed by atoms with Gasteiger partial charge in [-0.15, -0.1) is 0 Å². The fourth-order valence-electron chi connectivity index (χ4n) is 3.87. The molecule has 0 unspecified atom stereocenters. The van der Waals surface area contributed by atoms with Crippen LogP contribution in [0.1, 0.15) is 23.2 Å². The van der Waals surface area contributed by atoms with E-state index in [9.17, 15) is 9.59 Å². The molecular weight excluding hydrogens is 336 g/mol. The molecular formula is C17H22N6O3. The van der Waals surface area contributed by atoms with Crippen molar-refractivity contribution < 1.29 is 14.7 Å². The number of carbonyl (C=O) groups is 2. The topological polar surface area (TPSA) is 106 Å². The van der Waals surface area contributed by atoms with Crippen molar-refractivity contribution in [1.29, 1.82) is 0 Å². The Morgan fingerprint density at radius 3 is 2.35 bits per heavy atom. The molecule has 26 heavy (non-hydrogen) atoms. The van der Waals surface area contributed by atoms with Gasteiger partial charge in [-0.05, 0) is 31.0 Å². The van der Waals surface area contributed by atoms with Crippen molar-refractivity contribution >= 4 is 23.0 Å². The zero-order valence-electron chi connectivity index (χ0n) is 14.5. The van der Waals surface area contributed by atoms with Crippen LogP contribution in [-0.2, 0) is 0 Å².